The molecule has 0 aliphatic carbocycles. The van der Waals surface area contributed by atoms with Crippen molar-refractivity contribution in [2.24, 2.45) is 0 Å². The van der Waals surface area contributed by atoms with Gasteiger partial charge in [0.1, 0.15) is 6.33 Å². The molecule has 1 aromatic rings. The molecule has 0 saturated carbocycles. The Kier molecular flexibility index (Phi) is 3.01. The summed E-state index contributed by atoms with van der Waals surface area (Å²) in [4.78, 5) is 3.64. The van der Waals surface area contributed by atoms with Gasteiger partial charge < -0.3 is 4.74 Å². The topological polar surface area (TPSA) is 84.9 Å². The van der Waals surface area contributed by atoms with Crippen LogP contribution in [0, 0.1) is 0 Å². The van der Waals surface area contributed by atoms with Crippen LogP contribution in [0.1, 0.15) is 19.3 Å². The largest absolute Gasteiger partial charge is 0.377 e. The van der Waals surface area contributed by atoms with Gasteiger partial charge in [0.25, 0.3) is 0 Å². The molecule has 1 N–H and O–H groups in total. The van der Waals surface area contributed by atoms with Crippen molar-refractivity contribution in [3.8, 4) is 0 Å². The Bertz CT molecular complexity index is 395. The second kappa shape index (κ2) is 4.28. The zero-order chi connectivity index (χ0) is 10.7. The maximum absolute atomic E-state index is 11.7. The van der Waals surface area contributed by atoms with Gasteiger partial charge in [0, 0.05) is 6.61 Å². The van der Waals surface area contributed by atoms with E-state index in [2.05, 4.69) is 15.2 Å². The number of sulfone groups is 1. The highest BCUT2D eigenvalue weighted by molar-refractivity contribution is 7.91. The van der Waals surface area contributed by atoms with Crippen molar-refractivity contribution in [1.82, 2.24) is 15.2 Å². The van der Waals surface area contributed by atoms with E-state index in [-0.39, 0.29) is 17.0 Å². The normalized spacial score (nSPS) is 22.8. The summed E-state index contributed by atoms with van der Waals surface area (Å²) in [6, 6.07) is 0. The van der Waals surface area contributed by atoms with E-state index in [1.165, 1.54) is 6.33 Å². The van der Waals surface area contributed by atoms with Crippen LogP contribution >= 0.6 is 0 Å². The van der Waals surface area contributed by atoms with E-state index in [9.17, 15) is 8.42 Å². The van der Waals surface area contributed by atoms with Gasteiger partial charge in [0.2, 0.25) is 15.0 Å². The lowest BCUT2D eigenvalue weighted by Gasteiger charge is -2.21. The lowest BCUT2D eigenvalue weighted by Crippen LogP contribution is -2.28. The summed E-state index contributed by atoms with van der Waals surface area (Å²) < 4.78 is 28.9. The van der Waals surface area contributed by atoms with E-state index >= 15 is 0 Å². The highest BCUT2D eigenvalue weighted by Gasteiger charge is 2.25. The Morgan fingerprint density at radius 2 is 2.40 bits per heavy atom. The Morgan fingerprint density at radius 1 is 1.53 bits per heavy atom. The third-order valence-corrected chi connectivity index (χ3v) is 3.96. The minimum atomic E-state index is -3.37. The molecule has 84 valence electrons. The minimum absolute atomic E-state index is 0.0117. The Hall–Kier alpha value is -0.950. The number of ether oxygens (including phenoxy) is 1. The molecule has 0 radical (unpaired) electrons. The van der Waals surface area contributed by atoms with Crippen molar-refractivity contribution in [2.45, 2.75) is 30.5 Å². The van der Waals surface area contributed by atoms with Gasteiger partial charge in [0.15, 0.2) is 0 Å². The number of hydrogen-bond acceptors (Lipinski definition) is 5. The number of aromatic nitrogens is 3. The summed E-state index contributed by atoms with van der Waals surface area (Å²) in [7, 11) is -3.37. The van der Waals surface area contributed by atoms with Crippen molar-refractivity contribution < 1.29 is 13.2 Å². The average molecular weight is 231 g/mol. The highest BCUT2D eigenvalue weighted by atomic mass is 32.2. The van der Waals surface area contributed by atoms with Crippen molar-refractivity contribution >= 4 is 9.84 Å². The number of nitrogens with one attached hydrogen (secondary N) is 1. The van der Waals surface area contributed by atoms with Crippen LogP contribution in [0.3, 0.4) is 0 Å². The zero-order valence-corrected chi connectivity index (χ0v) is 9.03. The van der Waals surface area contributed by atoms with Crippen molar-refractivity contribution in [3.05, 3.63) is 6.33 Å². The summed E-state index contributed by atoms with van der Waals surface area (Å²) in [5, 5.41) is 5.82. The molecule has 1 aromatic heterocycles. The number of aromatic amines is 1. The lowest BCUT2D eigenvalue weighted by molar-refractivity contribution is 0.0304. The maximum atomic E-state index is 11.7. The molecule has 1 atom stereocenters. The molecular weight excluding hydrogens is 218 g/mol. The Morgan fingerprint density at radius 3 is 3.00 bits per heavy atom. The lowest BCUT2D eigenvalue weighted by atomic mass is 10.1. The summed E-state index contributed by atoms with van der Waals surface area (Å²) in [6.07, 6.45) is 3.83. The first kappa shape index (κ1) is 10.6. The number of hydrogen-bond donors (Lipinski definition) is 1. The Balaban J connectivity index is 2.04. The molecule has 6 nitrogen and oxygen atoms in total. The van der Waals surface area contributed by atoms with Gasteiger partial charge in [-0.15, -0.1) is 0 Å². The number of H-pyrrole nitrogens is 1. The third-order valence-electron chi connectivity index (χ3n) is 2.37. The van der Waals surface area contributed by atoms with Crippen LogP contribution in [0.25, 0.3) is 0 Å². The molecule has 15 heavy (non-hydrogen) atoms. The van der Waals surface area contributed by atoms with Crippen LogP contribution in [0.5, 0.6) is 0 Å². The van der Waals surface area contributed by atoms with Crippen molar-refractivity contribution in [2.75, 3.05) is 12.4 Å². The predicted octanol–water partition coefficient (Wildman–Crippen LogP) is 0.148. The van der Waals surface area contributed by atoms with Crippen LogP contribution in [-0.4, -0.2) is 42.1 Å². The van der Waals surface area contributed by atoms with Gasteiger partial charge >= 0.3 is 0 Å². The summed E-state index contributed by atoms with van der Waals surface area (Å²) in [6.45, 7) is 0.649. The SMILES string of the molecule is O=S(=O)(CC1CCCCO1)c1ncn[nH]1. The molecule has 0 aromatic carbocycles. The second-order valence-corrected chi connectivity index (χ2v) is 5.51. The second-order valence-electron chi connectivity index (χ2n) is 3.56. The predicted molar refractivity (Wildman–Crippen MR) is 52.0 cm³/mol. The van der Waals surface area contributed by atoms with Gasteiger partial charge in [-0.05, 0) is 19.3 Å². The molecule has 0 amide bonds. The quantitative estimate of drug-likeness (QED) is 0.800. The van der Waals surface area contributed by atoms with Gasteiger partial charge in [-0.1, -0.05) is 0 Å². The molecular formula is C8H13N3O3S. The number of rotatable bonds is 3. The van der Waals surface area contributed by atoms with Gasteiger partial charge in [-0.25, -0.2) is 13.4 Å². The van der Waals surface area contributed by atoms with E-state index in [1.54, 1.807) is 0 Å². The van der Waals surface area contributed by atoms with Crippen LogP contribution in [0.2, 0.25) is 0 Å². The first-order valence-corrected chi connectivity index (χ1v) is 6.53. The fourth-order valence-corrected chi connectivity index (χ4v) is 2.92. The fourth-order valence-electron chi connectivity index (χ4n) is 1.61. The van der Waals surface area contributed by atoms with E-state index in [1.807, 2.05) is 0 Å². The maximum Gasteiger partial charge on any atom is 0.243 e. The third kappa shape index (κ3) is 2.54. The van der Waals surface area contributed by atoms with Crippen LogP contribution in [0.4, 0.5) is 0 Å². The molecule has 0 spiro atoms. The van der Waals surface area contributed by atoms with Crippen molar-refractivity contribution in [1.29, 1.82) is 0 Å². The van der Waals surface area contributed by atoms with Gasteiger partial charge in [-0.2, -0.15) is 5.10 Å². The average Bonchev–Trinajstić information content (AvgIpc) is 2.71. The first-order valence-electron chi connectivity index (χ1n) is 4.88. The minimum Gasteiger partial charge on any atom is -0.377 e. The molecule has 2 rings (SSSR count). The van der Waals surface area contributed by atoms with Crippen LogP contribution in [0.15, 0.2) is 11.5 Å². The summed E-state index contributed by atoms with van der Waals surface area (Å²) in [5.74, 6) is -0.0117. The molecule has 7 heteroatoms. The standard InChI is InChI=1S/C8H13N3O3S/c12-15(13,8-9-6-10-11-8)5-7-3-1-2-4-14-7/h6-7H,1-5H2,(H,9,10,11). The fraction of sp³-hybridized carbons (Fsp3) is 0.750. The molecule has 1 aliphatic heterocycles. The van der Waals surface area contributed by atoms with E-state index < -0.39 is 9.84 Å². The van der Waals surface area contributed by atoms with Crippen LogP contribution < -0.4 is 0 Å². The Labute approximate surface area is 88.0 Å². The number of nitrogens with zero attached hydrogens (tertiary/aromatic N) is 2. The first-order chi connectivity index (χ1) is 7.18. The summed E-state index contributed by atoms with van der Waals surface area (Å²) in [5.41, 5.74) is 0. The molecule has 1 fully saturated rings. The van der Waals surface area contributed by atoms with Gasteiger partial charge in [0.05, 0.1) is 11.9 Å². The smallest absolute Gasteiger partial charge is 0.243 e. The van der Waals surface area contributed by atoms with E-state index in [0.717, 1.165) is 19.3 Å². The monoisotopic (exact) mass is 231 g/mol. The van der Waals surface area contributed by atoms with Crippen LogP contribution in [-0.2, 0) is 14.6 Å². The van der Waals surface area contributed by atoms with E-state index in [0.29, 0.717) is 6.61 Å². The molecule has 2 heterocycles. The molecule has 1 saturated heterocycles. The molecule has 0 bridgehead atoms. The summed E-state index contributed by atoms with van der Waals surface area (Å²) >= 11 is 0. The molecule has 1 unspecified atom stereocenters. The van der Waals surface area contributed by atoms with Gasteiger partial charge in [-0.3, -0.25) is 5.10 Å². The highest BCUT2D eigenvalue weighted by Crippen LogP contribution is 2.16. The van der Waals surface area contributed by atoms with Crippen molar-refractivity contribution in [3.63, 3.8) is 0 Å². The molecule has 1 aliphatic rings. The zero-order valence-electron chi connectivity index (χ0n) is 8.22. The van der Waals surface area contributed by atoms with E-state index in [4.69, 9.17) is 4.74 Å².